The summed E-state index contributed by atoms with van der Waals surface area (Å²) in [4.78, 5) is 6.56. The van der Waals surface area contributed by atoms with Crippen molar-refractivity contribution in [3.63, 3.8) is 0 Å². The number of aromatic nitrogens is 2. The number of hydrogen-bond acceptors (Lipinski definition) is 5. The average Bonchev–Trinajstić information content (AvgIpc) is 2.34. The van der Waals surface area contributed by atoms with Gasteiger partial charge in [-0.3, -0.25) is 0 Å². The van der Waals surface area contributed by atoms with Gasteiger partial charge in [0, 0.05) is 31.7 Å². The molecule has 1 aliphatic heterocycles. The van der Waals surface area contributed by atoms with E-state index in [1.807, 2.05) is 0 Å². The molecule has 12 heavy (non-hydrogen) atoms. The molecule has 0 amide bonds. The molecular formula is C7H11N3OS. The summed E-state index contributed by atoms with van der Waals surface area (Å²) >= 11 is 1.46. The van der Waals surface area contributed by atoms with Crippen molar-refractivity contribution in [3.8, 4) is 0 Å². The zero-order chi connectivity index (χ0) is 8.39. The van der Waals surface area contributed by atoms with Crippen LogP contribution in [0, 0.1) is 0 Å². The predicted molar refractivity (Wildman–Crippen MR) is 47.5 cm³/mol. The quantitative estimate of drug-likeness (QED) is 0.701. The largest absolute Gasteiger partial charge is 0.377 e. The lowest BCUT2D eigenvalue weighted by molar-refractivity contribution is 0.179. The van der Waals surface area contributed by atoms with Gasteiger partial charge in [0.05, 0.1) is 0 Å². The van der Waals surface area contributed by atoms with Gasteiger partial charge in [0.2, 0.25) is 5.13 Å². The molecular weight excluding hydrogens is 174 g/mol. The molecule has 0 spiro atoms. The Balaban J connectivity index is 2.02. The molecule has 4 nitrogen and oxygen atoms in total. The maximum Gasteiger partial charge on any atom is 0.205 e. The summed E-state index contributed by atoms with van der Waals surface area (Å²) in [6, 6.07) is 0. The zero-order valence-corrected chi connectivity index (χ0v) is 7.80. The van der Waals surface area contributed by atoms with Crippen LogP contribution in [0.15, 0.2) is 0 Å². The molecule has 1 aliphatic rings. The smallest absolute Gasteiger partial charge is 0.205 e. The third-order valence-corrected chi connectivity index (χ3v) is 2.67. The van der Waals surface area contributed by atoms with E-state index in [1.165, 1.54) is 18.0 Å². The third-order valence-electron chi connectivity index (χ3n) is 1.86. The SMILES string of the molecule is COCc1nsc(N2CCC2)n1. The highest BCUT2D eigenvalue weighted by atomic mass is 32.1. The highest BCUT2D eigenvalue weighted by Crippen LogP contribution is 2.22. The Kier molecular flexibility index (Phi) is 2.23. The lowest BCUT2D eigenvalue weighted by atomic mass is 10.2. The van der Waals surface area contributed by atoms with Gasteiger partial charge < -0.3 is 9.64 Å². The van der Waals surface area contributed by atoms with E-state index in [1.54, 1.807) is 7.11 Å². The topological polar surface area (TPSA) is 38.2 Å². The number of rotatable bonds is 3. The molecule has 1 fully saturated rings. The Morgan fingerprint density at radius 1 is 1.58 bits per heavy atom. The van der Waals surface area contributed by atoms with Gasteiger partial charge in [-0.15, -0.1) is 0 Å². The van der Waals surface area contributed by atoms with Crippen LogP contribution in [0.25, 0.3) is 0 Å². The summed E-state index contributed by atoms with van der Waals surface area (Å²) in [5.74, 6) is 0.796. The Bertz CT molecular complexity index is 259. The van der Waals surface area contributed by atoms with Crippen LogP contribution in [-0.4, -0.2) is 29.6 Å². The van der Waals surface area contributed by atoms with E-state index in [-0.39, 0.29) is 0 Å². The normalized spacial score (nSPS) is 16.2. The standard InChI is InChI=1S/C7H11N3OS/c1-11-5-6-8-7(12-9-6)10-3-2-4-10/h2-5H2,1H3. The molecule has 0 atom stereocenters. The number of hydrogen-bond donors (Lipinski definition) is 0. The van der Waals surface area contributed by atoms with Crippen LogP contribution in [0.2, 0.25) is 0 Å². The summed E-state index contributed by atoms with van der Waals surface area (Å²) in [5.41, 5.74) is 0. The summed E-state index contributed by atoms with van der Waals surface area (Å²) < 4.78 is 9.11. The Morgan fingerprint density at radius 3 is 3.00 bits per heavy atom. The number of anilines is 1. The molecule has 0 radical (unpaired) electrons. The summed E-state index contributed by atoms with van der Waals surface area (Å²) in [7, 11) is 1.66. The van der Waals surface area contributed by atoms with Crippen molar-refractivity contribution in [3.05, 3.63) is 5.82 Å². The molecule has 0 aliphatic carbocycles. The van der Waals surface area contributed by atoms with Gasteiger partial charge in [0.15, 0.2) is 5.82 Å². The first-order valence-corrected chi connectivity index (χ1v) is 4.74. The summed E-state index contributed by atoms with van der Waals surface area (Å²) in [6.07, 6.45) is 1.28. The second-order valence-electron chi connectivity index (χ2n) is 2.77. The fourth-order valence-electron chi connectivity index (χ4n) is 1.07. The molecule has 1 aromatic heterocycles. The molecule has 2 rings (SSSR count). The molecule has 66 valence electrons. The Labute approximate surface area is 75.3 Å². The average molecular weight is 185 g/mol. The van der Waals surface area contributed by atoms with Crippen molar-refractivity contribution in [2.75, 3.05) is 25.1 Å². The number of nitrogens with zero attached hydrogens (tertiary/aromatic N) is 3. The Morgan fingerprint density at radius 2 is 2.42 bits per heavy atom. The first-order chi connectivity index (χ1) is 5.90. The van der Waals surface area contributed by atoms with E-state index >= 15 is 0 Å². The van der Waals surface area contributed by atoms with Gasteiger partial charge in [-0.05, 0) is 6.42 Å². The lowest BCUT2D eigenvalue weighted by Crippen LogP contribution is -2.36. The first kappa shape index (κ1) is 7.94. The van der Waals surface area contributed by atoms with Crippen molar-refractivity contribution in [1.82, 2.24) is 9.36 Å². The molecule has 0 unspecified atom stereocenters. The van der Waals surface area contributed by atoms with Crippen LogP contribution in [0.3, 0.4) is 0 Å². The molecule has 0 N–H and O–H groups in total. The fraction of sp³-hybridized carbons (Fsp3) is 0.714. The first-order valence-electron chi connectivity index (χ1n) is 3.96. The molecule has 0 aromatic carbocycles. The fourth-order valence-corrected chi connectivity index (χ4v) is 1.79. The molecule has 1 saturated heterocycles. The van der Waals surface area contributed by atoms with E-state index in [9.17, 15) is 0 Å². The number of methoxy groups -OCH3 is 1. The zero-order valence-electron chi connectivity index (χ0n) is 6.99. The van der Waals surface area contributed by atoms with Gasteiger partial charge in [-0.1, -0.05) is 0 Å². The highest BCUT2D eigenvalue weighted by Gasteiger charge is 2.18. The molecule has 2 heterocycles. The van der Waals surface area contributed by atoms with Gasteiger partial charge in [0.25, 0.3) is 0 Å². The van der Waals surface area contributed by atoms with Crippen molar-refractivity contribution in [2.24, 2.45) is 0 Å². The summed E-state index contributed by atoms with van der Waals surface area (Å²) in [6.45, 7) is 2.77. The second-order valence-corrected chi connectivity index (χ2v) is 3.50. The monoisotopic (exact) mass is 185 g/mol. The van der Waals surface area contributed by atoms with Crippen LogP contribution >= 0.6 is 11.5 Å². The molecule has 5 heteroatoms. The van der Waals surface area contributed by atoms with E-state index < -0.39 is 0 Å². The van der Waals surface area contributed by atoms with E-state index in [2.05, 4.69) is 14.3 Å². The minimum Gasteiger partial charge on any atom is -0.377 e. The van der Waals surface area contributed by atoms with Gasteiger partial charge in [0.1, 0.15) is 6.61 Å². The van der Waals surface area contributed by atoms with Crippen molar-refractivity contribution in [2.45, 2.75) is 13.0 Å². The second kappa shape index (κ2) is 3.37. The van der Waals surface area contributed by atoms with Crippen LogP contribution < -0.4 is 4.90 Å². The predicted octanol–water partition coefficient (Wildman–Crippen LogP) is 0.895. The number of ether oxygens (including phenoxy) is 1. The van der Waals surface area contributed by atoms with Crippen molar-refractivity contribution >= 4 is 16.7 Å². The lowest BCUT2D eigenvalue weighted by Gasteiger charge is -2.29. The summed E-state index contributed by atoms with van der Waals surface area (Å²) in [5, 5.41) is 1.04. The van der Waals surface area contributed by atoms with Crippen molar-refractivity contribution < 1.29 is 4.74 Å². The van der Waals surface area contributed by atoms with E-state index in [0.717, 1.165) is 24.0 Å². The van der Waals surface area contributed by atoms with Crippen LogP contribution in [0.5, 0.6) is 0 Å². The van der Waals surface area contributed by atoms with E-state index in [0.29, 0.717) is 6.61 Å². The third kappa shape index (κ3) is 1.42. The van der Waals surface area contributed by atoms with Gasteiger partial charge in [-0.2, -0.15) is 4.37 Å². The van der Waals surface area contributed by atoms with Crippen LogP contribution in [0.1, 0.15) is 12.2 Å². The maximum absolute atomic E-state index is 4.94. The van der Waals surface area contributed by atoms with Gasteiger partial charge in [-0.25, -0.2) is 4.98 Å². The van der Waals surface area contributed by atoms with Gasteiger partial charge >= 0.3 is 0 Å². The minimum absolute atomic E-state index is 0.518. The highest BCUT2D eigenvalue weighted by molar-refractivity contribution is 7.09. The maximum atomic E-state index is 4.94. The molecule has 0 bridgehead atoms. The molecule has 1 aromatic rings. The van der Waals surface area contributed by atoms with Crippen LogP contribution in [-0.2, 0) is 11.3 Å². The Hall–Kier alpha value is -0.680. The van der Waals surface area contributed by atoms with Crippen molar-refractivity contribution in [1.29, 1.82) is 0 Å². The molecule has 0 saturated carbocycles. The van der Waals surface area contributed by atoms with Crippen LogP contribution in [0.4, 0.5) is 5.13 Å². The minimum atomic E-state index is 0.518. The van der Waals surface area contributed by atoms with E-state index in [4.69, 9.17) is 4.74 Å².